The summed E-state index contributed by atoms with van der Waals surface area (Å²) < 4.78 is 24.6. The third-order valence-corrected chi connectivity index (χ3v) is 9.01. The van der Waals surface area contributed by atoms with E-state index in [4.69, 9.17) is 18.9 Å². The van der Waals surface area contributed by atoms with Gasteiger partial charge in [0.1, 0.15) is 6.61 Å². The van der Waals surface area contributed by atoms with Gasteiger partial charge in [0.2, 0.25) is 5.75 Å². The van der Waals surface area contributed by atoms with E-state index >= 15 is 0 Å². The van der Waals surface area contributed by atoms with Crippen molar-refractivity contribution in [1.82, 2.24) is 4.57 Å². The summed E-state index contributed by atoms with van der Waals surface area (Å²) in [6, 6.07) is 16.1. The van der Waals surface area contributed by atoms with Crippen molar-refractivity contribution in [3.05, 3.63) is 122 Å². The predicted octanol–water partition coefficient (Wildman–Crippen LogP) is 5.72. The number of esters is 1. The maximum Gasteiger partial charge on any atom is 0.338 e. The van der Waals surface area contributed by atoms with Crippen LogP contribution in [0.1, 0.15) is 56.0 Å². The molecule has 0 unspecified atom stereocenters. The minimum absolute atomic E-state index is 0.0232. The van der Waals surface area contributed by atoms with Crippen LogP contribution in [0.25, 0.3) is 6.08 Å². The molecular formula is C35H31BrN4O8S. The molecule has 0 saturated heterocycles. The Hall–Kier alpha value is -5.26. The Bertz CT molecular complexity index is 2220. The van der Waals surface area contributed by atoms with Crippen LogP contribution in [0.5, 0.6) is 17.2 Å². The Balaban J connectivity index is 1.62. The maximum absolute atomic E-state index is 14.1. The third-order valence-electron chi connectivity index (χ3n) is 7.43. The summed E-state index contributed by atoms with van der Waals surface area (Å²) >= 11 is 4.47. The van der Waals surface area contributed by atoms with Crippen LogP contribution in [0.3, 0.4) is 0 Å². The van der Waals surface area contributed by atoms with Gasteiger partial charge < -0.3 is 18.9 Å². The van der Waals surface area contributed by atoms with Crippen molar-refractivity contribution >= 4 is 45.0 Å². The largest absolute Gasteiger partial charge is 0.493 e. The minimum Gasteiger partial charge on any atom is -0.493 e. The number of benzene rings is 3. The molecule has 14 heteroatoms. The summed E-state index contributed by atoms with van der Waals surface area (Å²) in [5.41, 5.74) is 1.66. The van der Waals surface area contributed by atoms with Crippen molar-refractivity contribution in [2.24, 2.45) is 4.99 Å². The second-order valence-electron chi connectivity index (χ2n) is 11.0. The van der Waals surface area contributed by atoms with Gasteiger partial charge in [0.05, 0.1) is 62.7 Å². The Morgan fingerprint density at radius 2 is 1.96 bits per heavy atom. The van der Waals surface area contributed by atoms with Crippen molar-refractivity contribution < 1.29 is 28.7 Å². The smallest absolute Gasteiger partial charge is 0.338 e. The summed E-state index contributed by atoms with van der Waals surface area (Å²) in [6.45, 7) is 7.20. The molecule has 0 N–H and O–H groups in total. The number of hydrogen-bond donors (Lipinski definition) is 0. The van der Waals surface area contributed by atoms with E-state index in [2.05, 4.69) is 27.0 Å². The molecule has 49 heavy (non-hydrogen) atoms. The van der Waals surface area contributed by atoms with Gasteiger partial charge in [0.15, 0.2) is 16.3 Å². The fourth-order valence-corrected chi connectivity index (χ4v) is 6.96. The first-order valence-corrected chi connectivity index (χ1v) is 16.7. The lowest BCUT2D eigenvalue weighted by atomic mass is 9.95. The van der Waals surface area contributed by atoms with E-state index in [9.17, 15) is 25.0 Å². The highest BCUT2D eigenvalue weighted by atomic mass is 79.9. The van der Waals surface area contributed by atoms with E-state index in [1.54, 1.807) is 62.4 Å². The van der Waals surface area contributed by atoms with Gasteiger partial charge in [0, 0.05) is 11.6 Å². The first kappa shape index (κ1) is 35.1. The molecule has 0 spiro atoms. The molecule has 0 aliphatic carbocycles. The number of carbonyl (C=O) groups excluding carboxylic acids is 1. The van der Waals surface area contributed by atoms with Crippen LogP contribution in [0.4, 0.5) is 5.69 Å². The average molecular weight is 748 g/mol. The molecule has 252 valence electrons. The molecule has 2 heterocycles. The zero-order valence-electron chi connectivity index (χ0n) is 27.2. The fourth-order valence-electron chi connectivity index (χ4n) is 5.33. The fraction of sp³-hybridized carbons (Fsp3) is 0.257. The number of carbonyl (C=O) groups is 1. The number of nitrogens with zero attached hydrogens (tertiary/aromatic N) is 4. The monoisotopic (exact) mass is 746 g/mol. The van der Waals surface area contributed by atoms with Crippen molar-refractivity contribution in [3.8, 4) is 23.3 Å². The van der Waals surface area contributed by atoms with E-state index in [-0.39, 0.29) is 45.3 Å². The number of thiazole rings is 1. The summed E-state index contributed by atoms with van der Waals surface area (Å²) in [6.07, 6.45) is 1.41. The summed E-state index contributed by atoms with van der Waals surface area (Å²) in [5, 5.41) is 21.6. The highest BCUT2D eigenvalue weighted by Crippen LogP contribution is 2.38. The normalized spacial score (nSPS) is 14.2. The standard InChI is InChI=1S/C35H31BrN4O8S/c1-6-46-34(42)30-20(4)38-35-39(31(30)22-11-12-27(48-19(2)3)28(16-22)45-5)33(41)29(49-35)15-21-13-25(36)32(26(14-21)40(43)44)47-18-24-10-8-7-9-23(24)17-37/h7-16,19,31H,6,18H2,1-5H3/b29-15+/t31-/m1/s1. The number of allylic oxidation sites excluding steroid dienone is 1. The van der Waals surface area contributed by atoms with E-state index in [0.29, 0.717) is 44.3 Å². The highest BCUT2D eigenvalue weighted by Gasteiger charge is 2.34. The lowest BCUT2D eigenvalue weighted by Gasteiger charge is -2.25. The first-order chi connectivity index (χ1) is 23.5. The molecule has 12 nitrogen and oxygen atoms in total. The minimum atomic E-state index is -0.910. The molecule has 4 aromatic rings. The van der Waals surface area contributed by atoms with Crippen molar-refractivity contribution in [3.63, 3.8) is 0 Å². The molecule has 0 amide bonds. The van der Waals surface area contributed by atoms with E-state index in [0.717, 1.165) is 11.3 Å². The Morgan fingerprint density at radius 1 is 1.20 bits per heavy atom. The number of fused-ring (bicyclic) bond motifs is 1. The molecule has 1 aromatic heterocycles. The number of methoxy groups -OCH3 is 1. The second kappa shape index (κ2) is 14.9. The van der Waals surface area contributed by atoms with Gasteiger partial charge in [-0.15, -0.1) is 0 Å². The Kier molecular flexibility index (Phi) is 10.6. The molecule has 0 radical (unpaired) electrons. The molecule has 1 aliphatic rings. The van der Waals surface area contributed by atoms with Crippen LogP contribution >= 0.6 is 27.3 Å². The van der Waals surface area contributed by atoms with Crippen molar-refractivity contribution in [2.75, 3.05) is 13.7 Å². The number of rotatable bonds is 11. The average Bonchev–Trinajstić information content (AvgIpc) is 3.36. The quantitative estimate of drug-likeness (QED) is 0.107. The summed E-state index contributed by atoms with van der Waals surface area (Å²) in [5.74, 6) is 0.282. The molecule has 1 aliphatic heterocycles. The van der Waals surface area contributed by atoms with Crippen LogP contribution in [-0.4, -0.2) is 35.3 Å². The number of ether oxygens (including phenoxy) is 4. The molecular weight excluding hydrogens is 716 g/mol. The lowest BCUT2D eigenvalue weighted by Crippen LogP contribution is -2.40. The van der Waals surface area contributed by atoms with Gasteiger partial charge in [-0.05, 0) is 85.1 Å². The Morgan fingerprint density at radius 3 is 2.63 bits per heavy atom. The van der Waals surface area contributed by atoms with Crippen LogP contribution in [0.2, 0.25) is 0 Å². The number of nitriles is 1. The number of hydrogen-bond acceptors (Lipinski definition) is 11. The molecule has 5 rings (SSSR count). The number of nitro groups is 1. The van der Waals surface area contributed by atoms with Gasteiger partial charge in [-0.25, -0.2) is 9.79 Å². The number of aromatic nitrogens is 1. The second-order valence-corrected chi connectivity index (χ2v) is 12.9. The zero-order valence-corrected chi connectivity index (χ0v) is 29.6. The first-order valence-electron chi connectivity index (χ1n) is 15.1. The van der Waals surface area contributed by atoms with Crippen LogP contribution in [-0.2, 0) is 16.1 Å². The summed E-state index contributed by atoms with van der Waals surface area (Å²) in [4.78, 5) is 44.0. The van der Waals surface area contributed by atoms with Gasteiger partial charge in [-0.2, -0.15) is 5.26 Å². The molecule has 0 bridgehead atoms. The van der Waals surface area contributed by atoms with Crippen LogP contribution < -0.4 is 29.1 Å². The SMILES string of the molecule is CCOC(=O)C1=C(C)N=c2s/c(=C/c3cc(Br)c(OCc4ccccc4C#N)c([N+](=O)[O-])c3)c(=O)n2[C@@H]1c1ccc(OC(C)C)c(OC)c1. The topological polar surface area (TPSA) is 155 Å². The molecule has 0 saturated carbocycles. The lowest BCUT2D eigenvalue weighted by molar-refractivity contribution is -0.386. The van der Waals surface area contributed by atoms with Crippen LogP contribution in [0.15, 0.2) is 80.1 Å². The highest BCUT2D eigenvalue weighted by molar-refractivity contribution is 9.10. The van der Waals surface area contributed by atoms with Gasteiger partial charge in [0.25, 0.3) is 5.56 Å². The van der Waals surface area contributed by atoms with Gasteiger partial charge in [-0.1, -0.05) is 35.6 Å². The maximum atomic E-state index is 14.1. The van der Waals surface area contributed by atoms with Gasteiger partial charge >= 0.3 is 11.7 Å². The molecule has 1 atom stereocenters. The molecule has 3 aromatic carbocycles. The van der Waals surface area contributed by atoms with E-state index < -0.39 is 22.5 Å². The van der Waals surface area contributed by atoms with Crippen LogP contribution in [0, 0.1) is 21.4 Å². The Labute approximate surface area is 293 Å². The third kappa shape index (κ3) is 7.28. The van der Waals surface area contributed by atoms with Gasteiger partial charge in [-0.3, -0.25) is 19.5 Å². The molecule has 0 fully saturated rings. The van der Waals surface area contributed by atoms with E-state index in [1.165, 1.54) is 23.8 Å². The number of nitro benzene ring substituents is 1. The summed E-state index contributed by atoms with van der Waals surface area (Å²) in [7, 11) is 1.50. The van der Waals surface area contributed by atoms with Crippen molar-refractivity contribution in [1.29, 1.82) is 5.26 Å². The van der Waals surface area contributed by atoms with Crippen molar-refractivity contribution in [2.45, 2.75) is 46.4 Å². The predicted molar refractivity (Wildman–Crippen MR) is 185 cm³/mol. The zero-order chi connectivity index (χ0) is 35.4. The number of halogens is 1. The van der Waals surface area contributed by atoms with E-state index in [1.807, 2.05) is 13.8 Å².